The van der Waals surface area contributed by atoms with Crippen molar-refractivity contribution in [3.8, 4) is 5.75 Å². The van der Waals surface area contributed by atoms with Crippen molar-refractivity contribution in [3.05, 3.63) is 131 Å². The van der Waals surface area contributed by atoms with E-state index >= 15 is 0 Å². The predicted molar refractivity (Wildman–Crippen MR) is 143 cm³/mol. The summed E-state index contributed by atoms with van der Waals surface area (Å²) in [5, 5.41) is 18.6. The Bertz CT molecular complexity index is 1190. The zero-order valence-electron chi connectivity index (χ0n) is 20.8. The van der Waals surface area contributed by atoms with Crippen LogP contribution in [0.1, 0.15) is 60.7 Å². The standard InChI is InChI=1S/C31H35N3O/c1-31(2,3)27-16-10-15-26(30(27)35)22-34-29(25-13-8-5-9-14-25)28(24-11-6-4-7-12-24)33-21-23-17-19-32-20-18-23/h4-20,28-29,33-35H,21-22H2,1-3H3/t28-,29?/m1/s1. The fourth-order valence-corrected chi connectivity index (χ4v) is 4.46. The molecule has 0 fully saturated rings. The highest BCUT2D eigenvalue weighted by molar-refractivity contribution is 5.44. The number of pyridine rings is 1. The third-order valence-electron chi connectivity index (χ3n) is 6.37. The summed E-state index contributed by atoms with van der Waals surface area (Å²) in [4.78, 5) is 4.15. The molecule has 3 N–H and O–H groups in total. The number of para-hydroxylation sites is 1. The van der Waals surface area contributed by atoms with Gasteiger partial charge in [0.25, 0.3) is 0 Å². The summed E-state index contributed by atoms with van der Waals surface area (Å²) in [5.41, 5.74) is 5.31. The van der Waals surface area contributed by atoms with E-state index in [1.807, 2.05) is 54.9 Å². The van der Waals surface area contributed by atoms with E-state index in [0.717, 1.165) is 17.7 Å². The van der Waals surface area contributed by atoms with Crippen molar-refractivity contribution in [2.24, 2.45) is 0 Å². The summed E-state index contributed by atoms with van der Waals surface area (Å²) in [6.07, 6.45) is 3.65. The Balaban J connectivity index is 1.66. The zero-order chi connectivity index (χ0) is 24.7. The summed E-state index contributed by atoms with van der Waals surface area (Å²) in [7, 11) is 0. The van der Waals surface area contributed by atoms with E-state index in [1.54, 1.807) is 0 Å². The molecular formula is C31H35N3O. The normalized spacial score (nSPS) is 13.3. The number of hydrogen-bond donors (Lipinski definition) is 3. The molecule has 3 aromatic carbocycles. The second kappa shape index (κ2) is 11.3. The quantitative estimate of drug-likeness (QED) is 0.266. The molecule has 4 heteroatoms. The molecule has 0 aliphatic carbocycles. The second-order valence-corrected chi connectivity index (χ2v) is 9.96. The first-order valence-electron chi connectivity index (χ1n) is 12.2. The van der Waals surface area contributed by atoms with Gasteiger partial charge in [-0.15, -0.1) is 0 Å². The predicted octanol–water partition coefficient (Wildman–Crippen LogP) is 6.45. The first kappa shape index (κ1) is 24.6. The lowest BCUT2D eigenvalue weighted by Crippen LogP contribution is -2.35. The number of rotatable bonds is 9. The number of phenols is 1. The molecule has 0 saturated carbocycles. The summed E-state index contributed by atoms with van der Waals surface area (Å²) in [6, 6.07) is 31.2. The molecule has 0 aliphatic heterocycles. The summed E-state index contributed by atoms with van der Waals surface area (Å²) in [5.74, 6) is 0.375. The molecule has 0 spiro atoms. The topological polar surface area (TPSA) is 57.2 Å². The minimum absolute atomic E-state index is 0.0136. The molecule has 1 unspecified atom stereocenters. The highest BCUT2D eigenvalue weighted by Gasteiger charge is 2.25. The van der Waals surface area contributed by atoms with Crippen LogP contribution in [0.15, 0.2) is 103 Å². The van der Waals surface area contributed by atoms with Gasteiger partial charge in [0, 0.05) is 31.0 Å². The van der Waals surface area contributed by atoms with E-state index in [0.29, 0.717) is 12.3 Å². The Kier molecular flexibility index (Phi) is 7.96. The Labute approximate surface area is 209 Å². The molecule has 2 atom stereocenters. The van der Waals surface area contributed by atoms with Gasteiger partial charge in [-0.05, 0) is 39.8 Å². The number of hydrogen-bond acceptors (Lipinski definition) is 4. The van der Waals surface area contributed by atoms with Gasteiger partial charge in [0.05, 0.1) is 12.1 Å². The molecule has 4 rings (SSSR count). The fourth-order valence-electron chi connectivity index (χ4n) is 4.46. The highest BCUT2D eigenvalue weighted by atomic mass is 16.3. The third-order valence-corrected chi connectivity index (χ3v) is 6.37. The largest absolute Gasteiger partial charge is 0.507 e. The highest BCUT2D eigenvalue weighted by Crippen LogP contribution is 2.34. The van der Waals surface area contributed by atoms with E-state index in [4.69, 9.17) is 0 Å². The first-order valence-corrected chi connectivity index (χ1v) is 12.2. The van der Waals surface area contributed by atoms with Crippen molar-refractivity contribution in [1.29, 1.82) is 0 Å². The van der Waals surface area contributed by atoms with E-state index in [1.165, 1.54) is 16.7 Å². The Morgan fingerprint density at radius 1 is 0.686 bits per heavy atom. The molecule has 4 aromatic rings. The maximum Gasteiger partial charge on any atom is 0.123 e. The van der Waals surface area contributed by atoms with Gasteiger partial charge in [-0.3, -0.25) is 4.98 Å². The van der Waals surface area contributed by atoms with Crippen LogP contribution in [0.4, 0.5) is 0 Å². The van der Waals surface area contributed by atoms with Crippen molar-refractivity contribution < 1.29 is 5.11 Å². The van der Waals surface area contributed by atoms with Crippen molar-refractivity contribution in [2.45, 2.75) is 51.4 Å². The van der Waals surface area contributed by atoms with E-state index in [2.05, 4.69) is 84.9 Å². The zero-order valence-corrected chi connectivity index (χ0v) is 20.8. The van der Waals surface area contributed by atoms with Crippen molar-refractivity contribution in [2.75, 3.05) is 0 Å². The number of phenolic OH excluding ortho intramolecular Hbond substituents is 1. The van der Waals surface area contributed by atoms with E-state index < -0.39 is 0 Å². The number of aromatic hydroxyl groups is 1. The monoisotopic (exact) mass is 465 g/mol. The Morgan fingerprint density at radius 3 is 1.77 bits per heavy atom. The lowest BCUT2D eigenvalue weighted by molar-refractivity contribution is 0.375. The van der Waals surface area contributed by atoms with Gasteiger partial charge >= 0.3 is 0 Å². The molecule has 1 aromatic heterocycles. The molecule has 180 valence electrons. The summed E-state index contributed by atoms with van der Waals surface area (Å²) >= 11 is 0. The van der Waals surface area contributed by atoms with Crippen molar-refractivity contribution in [3.63, 3.8) is 0 Å². The molecule has 1 heterocycles. The molecule has 0 radical (unpaired) electrons. The number of nitrogens with one attached hydrogen (secondary N) is 2. The van der Waals surface area contributed by atoms with Gasteiger partial charge in [-0.1, -0.05) is 99.6 Å². The van der Waals surface area contributed by atoms with Gasteiger partial charge in [0.15, 0.2) is 0 Å². The molecule has 0 saturated heterocycles. The van der Waals surface area contributed by atoms with Crippen LogP contribution < -0.4 is 10.6 Å². The SMILES string of the molecule is CC(C)(C)c1cccc(CNC(c2ccccc2)[C@H](NCc2ccncc2)c2ccccc2)c1O. The molecule has 0 bridgehead atoms. The van der Waals surface area contributed by atoms with Crippen LogP contribution in [0.2, 0.25) is 0 Å². The third kappa shape index (κ3) is 6.36. The van der Waals surface area contributed by atoms with E-state index in [-0.39, 0.29) is 17.5 Å². The van der Waals surface area contributed by atoms with Gasteiger partial charge in [0.2, 0.25) is 0 Å². The van der Waals surface area contributed by atoms with Crippen LogP contribution in [-0.4, -0.2) is 10.1 Å². The Hall–Kier alpha value is -3.47. The van der Waals surface area contributed by atoms with Gasteiger partial charge in [-0.2, -0.15) is 0 Å². The van der Waals surface area contributed by atoms with Crippen LogP contribution in [0.5, 0.6) is 5.75 Å². The van der Waals surface area contributed by atoms with Crippen LogP contribution in [0.3, 0.4) is 0 Å². The Morgan fingerprint density at radius 2 is 1.23 bits per heavy atom. The average molecular weight is 466 g/mol. The van der Waals surface area contributed by atoms with Crippen LogP contribution in [0, 0.1) is 0 Å². The number of aromatic nitrogens is 1. The molecule has 0 aliphatic rings. The fraction of sp³-hybridized carbons (Fsp3) is 0.258. The molecule has 0 amide bonds. The molecule has 35 heavy (non-hydrogen) atoms. The summed E-state index contributed by atoms with van der Waals surface area (Å²) in [6.45, 7) is 7.65. The molecule has 4 nitrogen and oxygen atoms in total. The van der Waals surface area contributed by atoms with Crippen molar-refractivity contribution in [1.82, 2.24) is 15.6 Å². The van der Waals surface area contributed by atoms with Crippen molar-refractivity contribution >= 4 is 0 Å². The lowest BCUT2D eigenvalue weighted by atomic mass is 9.85. The van der Waals surface area contributed by atoms with Gasteiger partial charge < -0.3 is 15.7 Å². The van der Waals surface area contributed by atoms with Crippen LogP contribution in [0.25, 0.3) is 0 Å². The second-order valence-electron chi connectivity index (χ2n) is 9.96. The van der Waals surface area contributed by atoms with Gasteiger partial charge in [-0.25, -0.2) is 0 Å². The lowest BCUT2D eigenvalue weighted by Gasteiger charge is -2.31. The number of nitrogens with zero attached hydrogens (tertiary/aromatic N) is 1. The minimum Gasteiger partial charge on any atom is -0.507 e. The molecular weight excluding hydrogens is 430 g/mol. The van der Waals surface area contributed by atoms with Crippen LogP contribution >= 0.6 is 0 Å². The maximum atomic E-state index is 11.1. The minimum atomic E-state index is -0.127. The van der Waals surface area contributed by atoms with E-state index in [9.17, 15) is 5.11 Å². The maximum absolute atomic E-state index is 11.1. The average Bonchev–Trinajstić information content (AvgIpc) is 2.88. The smallest absolute Gasteiger partial charge is 0.123 e. The van der Waals surface area contributed by atoms with Gasteiger partial charge in [0.1, 0.15) is 5.75 Å². The summed E-state index contributed by atoms with van der Waals surface area (Å²) < 4.78 is 0. The van der Waals surface area contributed by atoms with Crippen LogP contribution in [-0.2, 0) is 18.5 Å². The first-order chi connectivity index (χ1) is 16.9. The number of benzene rings is 3.